The molecular weight excluding hydrogens is 368 g/mol. The van der Waals surface area contributed by atoms with Crippen molar-refractivity contribution in [3.8, 4) is 0 Å². The van der Waals surface area contributed by atoms with Crippen molar-refractivity contribution in [3.63, 3.8) is 0 Å². The molecule has 0 atom stereocenters. The van der Waals surface area contributed by atoms with Crippen LogP contribution < -0.4 is 17.0 Å². The number of hydrogen-bond acceptors (Lipinski definition) is 8. The van der Waals surface area contributed by atoms with E-state index in [1.165, 1.54) is 7.05 Å². The molecule has 0 aliphatic carbocycles. The van der Waals surface area contributed by atoms with Crippen molar-refractivity contribution in [2.75, 3.05) is 12.3 Å². The quantitative estimate of drug-likeness (QED) is 0.544. The monoisotopic (exact) mass is 392 g/mol. The van der Waals surface area contributed by atoms with E-state index in [0.717, 1.165) is 9.13 Å². The molecule has 28 heavy (non-hydrogen) atoms. The molecule has 2 heterocycles. The van der Waals surface area contributed by atoms with Crippen LogP contribution in [-0.2, 0) is 18.3 Å². The predicted molar refractivity (Wildman–Crippen MR) is 101 cm³/mol. The van der Waals surface area contributed by atoms with Crippen LogP contribution >= 0.6 is 0 Å². The summed E-state index contributed by atoms with van der Waals surface area (Å²) in [5.74, 6) is -1.58. The zero-order valence-corrected chi connectivity index (χ0v) is 16.6. The number of nitrogen functional groups attached to an aromatic ring is 1. The number of ether oxygens (including phenoxy) is 1. The van der Waals surface area contributed by atoms with Gasteiger partial charge >= 0.3 is 11.7 Å². The first-order valence-corrected chi connectivity index (χ1v) is 8.87. The van der Waals surface area contributed by atoms with Crippen LogP contribution in [0.25, 0.3) is 0 Å². The lowest BCUT2D eigenvalue weighted by Gasteiger charge is -2.14. The second kappa shape index (κ2) is 8.24. The van der Waals surface area contributed by atoms with E-state index in [0.29, 0.717) is 17.9 Å². The zero-order valence-electron chi connectivity index (χ0n) is 16.6. The molecule has 2 aromatic heterocycles. The Labute approximate surface area is 160 Å². The first-order chi connectivity index (χ1) is 13.1. The third kappa shape index (κ3) is 3.75. The summed E-state index contributed by atoms with van der Waals surface area (Å²) in [6, 6.07) is 0. The number of nitrogens with zero attached hydrogens (tertiary/aromatic N) is 3. The van der Waals surface area contributed by atoms with Crippen molar-refractivity contribution in [1.82, 2.24) is 14.3 Å². The number of aromatic nitrogens is 3. The summed E-state index contributed by atoms with van der Waals surface area (Å²) in [6.45, 7) is 6.60. The predicted octanol–water partition coefficient (Wildman–Crippen LogP) is 0.999. The molecule has 0 aromatic carbocycles. The summed E-state index contributed by atoms with van der Waals surface area (Å²) in [7, 11) is 1.26. The summed E-state index contributed by atoms with van der Waals surface area (Å²) in [6.07, 6.45) is 0.579. The Morgan fingerprint density at radius 3 is 2.46 bits per heavy atom. The minimum Gasteiger partial charge on any atom is -0.454 e. The summed E-state index contributed by atoms with van der Waals surface area (Å²) in [5, 5.41) is 3.75. The highest BCUT2D eigenvalue weighted by atomic mass is 16.5. The Hall–Kier alpha value is -3.17. The molecule has 0 saturated heterocycles. The van der Waals surface area contributed by atoms with Gasteiger partial charge in [0.1, 0.15) is 16.9 Å². The van der Waals surface area contributed by atoms with E-state index in [1.54, 1.807) is 6.92 Å². The van der Waals surface area contributed by atoms with Gasteiger partial charge in [0, 0.05) is 19.5 Å². The fourth-order valence-corrected chi connectivity index (χ4v) is 2.79. The number of nitrogens with two attached hydrogens (primary N) is 1. The minimum absolute atomic E-state index is 0.111. The van der Waals surface area contributed by atoms with Gasteiger partial charge < -0.3 is 15.0 Å². The van der Waals surface area contributed by atoms with Gasteiger partial charge in [-0.2, -0.15) is 0 Å². The highest BCUT2D eigenvalue weighted by molar-refractivity contribution is 6.02. The maximum Gasteiger partial charge on any atom is 0.344 e. The Morgan fingerprint density at radius 2 is 1.89 bits per heavy atom. The zero-order chi connectivity index (χ0) is 21.2. The minimum atomic E-state index is -0.833. The molecule has 0 aliphatic heterocycles. The van der Waals surface area contributed by atoms with Crippen LogP contribution in [0.1, 0.15) is 65.3 Å². The van der Waals surface area contributed by atoms with Crippen LogP contribution in [0.3, 0.4) is 0 Å². The molecule has 0 radical (unpaired) electrons. The molecule has 0 saturated carbocycles. The van der Waals surface area contributed by atoms with Gasteiger partial charge in [-0.25, -0.2) is 9.59 Å². The van der Waals surface area contributed by atoms with E-state index in [-0.39, 0.29) is 29.4 Å². The number of aryl methyl sites for hydroxylation is 1. The van der Waals surface area contributed by atoms with Gasteiger partial charge in [-0.15, -0.1) is 0 Å². The third-order valence-electron chi connectivity index (χ3n) is 4.26. The van der Waals surface area contributed by atoms with E-state index in [1.807, 2.05) is 20.8 Å². The molecule has 152 valence electrons. The van der Waals surface area contributed by atoms with Crippen molar-refractivity contribution < 1.29 is 18.8 Å². The molecule has 0 bridgehead atoms. The molecule has 2 N–H and O–H groups in total. The smallest absolute Gasteiger partial charge is 0.344 e. The van der Waals surface area contributed by atoms with Crippen LogP contribution in [0, 0.1) is 6.92 Å². The van der Waals surface area contributed by atoms with Gasteiger partial charge in [0.25, 0.3) is 5.56 Å². The molecule has 0 aliphatic rings. The van der Waals surface area contributed by atoms with Gasteiger partial charge in [-0.1, -0.05) is 25.9 Å². The number of anilines is 1. The van der Waals surface area contributed by atoms with E-state index in [4.69, 9.17) is 15.0 Å². The number of hydrogen-bond donors (Lipinski definition) is 1. The maximum atomic E-state index is 12.6. The lowest BCUT2D eigenvalue weighted by atomic mass is 10.1. The SMILES string of the molecule is CCCn1c(N)c(C(=O)COC(=O)c2c(C)noc2C(C)C)c(=O)n(C)c1=O. The van der Waals surface area contributed by atoms with Gasteiger partial charge in [0.05, 0.1) is 5.69 Å². The van der Waals surface area contributed by atoms with E-state index >= 15 is 0 Å². The number of rotatable bonds is 7. The van der Waals surface area contributed by atoms with Crippen molar-refractivity contribution in [3.05, 3.63) is 43.4 Å². The fourth-order valence-electron chi connectivity index (χ4n) is 2.79. The average Bonchev–Trinajstić information content (AvgIpc) is 3.03. The molecule has 0 amide bonds. The van der Waals surface area contributed by atoms with Crippen LogP contribution in [0.2, 0.25) is 0 Å². The van der Waals surface area contributed by atoms with Gasteiger partial charge in [0.2, 0.25) is 5.78 Å². The van der Waals surface area contributed by atoms with Gasteiger partial charge in [-0.05, 0) is 13.3 Å². The maximum absolute atomic E-state index is 12.6. The molecule has 0 spiro atoms. The molecular formula is C18H24N4O6. The third-order valence-corrected chi connectivity index (χ3v) is 4.26. The van der Waals surface area contributed by atoms with Gasteiger partial charge in [-0.3, -0.25) is 18.7 Å². The molecule has 2 aromatic rings. The number of Topliss-reactive ketones (excluding diaryl/α,β-unsaturated/α-hetero) is 1. The summed E-state index contributed by atoms with van der Waals surface area (Å²) < 4.78 is 12.2. The lowest BCUT2D eigenvalue weighted by molar-refractivity contribution is 0.0470. The van der Waals surface area contributed by atoms with Crippen LogP contribution in [0.5, 0.6) is 0 Å². The largest absolute Gasteiger partial charge is 0.454 e. The number of carbonyl (C=O) groups excluding carboxylic acids is 2. The fraction of sp³-hybridized carbons (Fsp3) is 0.500. The summed E-state index contributed by atoms with van der Waals surface area (Å²) >= 11 is 0. The van der Waals surface area contributed by atoms with Crippen LogP contribution in [0.4, 0.5) is 5.82 Å². The highest BCUT2D eigenvalue weighted by Crippen LogP contribution is 2.23. The van der Waals surface area contributed by atoms with Crippen LogP contribution in [-0.4, -0.2) is 32.7 Å². The molecule has 10 nitrogen and oxygen atoms in total. The Morgan fingerprint density at radius 1 is 1.25 bits per heavy atom. The molecule has 2 rings (SSSR count). The Bertz CT molecular complexity index is 1030. The summed E-state index contributed by atoms with van der Waals surface area (Å²) in [4.78, 5) is 49.5. The van der Waals surface area contributed by atoms with Crippen LogP contribution in [0.15, 0.2) is 14.1 Å². The van der Waals surface area contributed by atoms with E-state index in [9.17, 15) is 19.2 Å². The van der Waals surface area contributed by atoms with E-state index in [2.05, 4.69) is 5.16 Å². The lowest BCUT2D eigenvalue weighted by Crippen LogP contribution is -2.43. The first-order valence-electron chi connectivity index (χ1n) is 8.87. The topological polar surface area (TPSA) is 139 Å². The van der Waals surface area contributed by atoms with Gasteiger partial charge in [0.15, 0.2) is 12.4 Å². The average molecular weight is 392 g/mol. The number of esters is 1. The highest BCUT2D eigenvalue weighted by Gasteiger charge is 2.26. The number of ketones is 1. The molecule has 0 fully saturated rings. The first kappa shape index (κ1) is 21.1. The van der Waals surface area contributed by atoms with Crippen molar-refractivity contribution in [1.29, 1.82) is 0 Å². The van der Waals surface area contributed by atoms with Crippen molar-refractivity contribution >= 4 is 17.6 Å². The van der Waals surface area contributed by atoms with E-state index < -0.39 is 29.6 Å². The number of carbonyl (C=O) groups is 2. The second-order valence-electron chi connectivity index (χ2n) is 6.72. The summed E-state index contributed by atoms with van der Waals surface area (Å²) in [5.41, 5.74) is 4.56. The molecule has 0 unspecified atom stereocenters. The van der Waals surface area contributed by atoms with Crippen molar-refractivity contribution in [2.45, 2.75) is 46.6 Å². The second-order valence-corrected chi connectivity index (χ2v) is 6.72. The normalized spacial score (nSPS) is 11.1. The van der Waals surface area contributed by atoms with Crippen molar-refractivity contribution in [2.24, 2.45) is 7.05 Å². The standard InChI is InChI=1S/C18H24N4O6/c1-6-7-22-15(19)13(16(24)21(5)18(22)26)11(23)8-27-17(25)12-10(4)20-28-14(12)9(2)3/h9H,6-8,19H2,1-5H3. The Balaban J connectivity index is 2.32. The molecule has 10 heteroatoms. The Kier molecular flexibility index (Phi) is 6.22.